The van der Waals surface area contributed by atoms with Crippen LogP contribution in [0.1, 0.15) is 13.8 Å². The number of likely N-dealkylation sites (N-methyl/N-ethyl adjacent to an activating group) is 1. The van der Waals surface area contributed by atoms with Crippen LogP contribution in [0.25, 0.3) is 0 Å². The van der Waals surface area contributed by atoms with Gasteiger partial charge in [0.1, 0.15) is 5.67 Å². The zero-order valence-electron chi connectivity index (χ0n) is 10.6. The molecule has 0 bridgehead atoms. The van der Waals surface area contributed by atoms with Gasteiger partial charge in [-0.2, -0.15) is 0 Å². The maximum atomic E-state index is 14.3. The van der Waals surface area contributed by atoms with Crippen molar-refractivity contribution in [3.05, 3.63) is 0 Å². The Kier molecular flexibility index (Phi) is 3.52. The van der Waals surface area contributed by atoms with E-state index in [2.05, 4.69) is 23.6 Å². The van der Waals surface area contributed by atoms with Crippen LogP contribution in [0.3, 0.4) is 0 Å². The predicted octanol–water partition coefficient (Wildman–Crippen LogP) is 0.997. The Balaban J connectivity index is 1.70. The molecule has 3 nitrogen and oxygen atoms in total. The van der Waals surface area contributed by atoms with Crippen molar-refractivity contribution in [1.82, 2.24) is 9.80 Å². The fourth-order valence-electron chi connectivity index (χ4n) is 2.55. The second kappa shape index (κ2) is 4.59. The third kappa shape index (κ3) is 2.73. The lowest BCUT2D eigenvalue weighted by Crippen LogP contribution is -2.65. The lowest BCUT2D eigenvalue weighted by molar-refractivity contribution is -0.101. The fraction of sp³-hybridized carbons (Fsp3) is 1.00. The molecule has 0 aliphatic carbocycles. The van der Waals surface area contributed by atoms with Gasteiger partial charge in [-0.15, -0.1) is 0 Å². The summed E-state index contributed by atoms with van der Waals surface area (Å²) in [6.45, 7) is 8.65. The van der Waals surface area contributed by atoms with Crippen LogP contribution in [0.15, 0.2) is 0 Å². The Labute approximate surface area is 97.5 Å². The summed E-state index contributed by atoms with van der Waals surface area (Å²) in [5, 5.41) is 0. The number of alkyl halides is 1. The van der Waals surface area contributed by atoms with Gasteiger partial charge < -0.3 is 4.74 Å². The number of hydrogen-bond acceptors (Lipinski definition) is 3. The van der Waals surface area contributed by atoms with Crippen LogP contribution >= 0.6 is 0 Å². The smallest absolute Gasteiger partial charge is 0.148 e. The number of ether oxygens (including phenoxy) is 1. The Hall–Kier alpha value is -0.190. The average Bonchev–Trinajstić information content (AvgIpc) is 1.95. The van der Waals surface area contributed by atoms with Gasteiger partial charge in [-0.05, 0) is 13.0 Å². The fourth-order valence-corrected chi connectivity index (χ4v) is 2.55. The van der Waals surface area contributed by atoms with E-state index in [0.717, 1.165) is 19.8 Å². The van der Waals surface area contributed by atoms with Crippen LogP contribution in [-0.4, -0.2) is 68.0 Å². The minimum Gasteiger partial charge on any atom is -0.378 e. The molecule has 2 saturated heterocycles. The predicted molar refractivity (Wildman–Crippen MR) is 62.4 cm³/mol. The molecule has 2 heterocycles. The van der Waals surface area contributed by atoms with Crippen molar-refractivity contribution in [3.63, 3.8) is 0 Å². The second-order valence-electron chi connectivity index (χ2n) is 5.82. The first-order valence-electron chi connectivity index (χ1n) is 6.18. The number of hydrogen-bond donors (Lipinski definition) is 0. The first-order valence-corrected chi connectivity index (χ1v) is 6.18. The van der Waals surface area contributed by atoms with Crippen molar-refractivity contribution >= 4 is 0 Å². The van der Waals surface area contributed by atoms with Crippen molar-refractivity contribution in [3.8, 4) is 0 Å². The minimum atomic E-state index is -0.987. The Morgan fingerprint density at radius 2 is 2.06 bits per heavy atom. The molecule has 94 valence electrons. The molecular weight excluding hydrogens is 207 g/mol. The van der Waals surface area contributed by atoms with Gasteiger partial charge in [0.05, 0.1) is 19.3 Å². The van der Waals surface area contributed by atoms with E-state index in [4.69, 9.17) is 4.74 Å². The van der Waals surface area contributed by atoms with Gasteiger partial charge in [0, 0.05) is 26.2 Å². The highest BCUT2D eigenvalue weighted by Crippen LogP contribution is 2.28. The Morgan fingerprint density at radius 1 is 1.44 bits per heavy atom. The molecule has 0 aromatic rings. The molecule has 16 heavy (non-hydrogen) atoms. The molecule has 0 aromatic heterocycles. The van der Waals surface area contributed by atoms with Crippen LogP contribution in [-0.2, 0) is 4.74 Å². The van der Waals surface area contributed by atoms with E-state index < -0.39 is 5.67 Å². The highest BCUT2D eigenvalue weighted by Gasteiger charge is 2.45. The first-order chi connectivity index (χ1) is 7.48. The number of likely N-dealkylation sites (tertiary alicyclic amines) is 1. The average molecular weight is 230 g/mol. The lowest BCUT2D eigenvalue weighted by atomic mass is 9.94. The Morgan fingerprint density at radius 3 is 2.50 bits per heavy atom. The van der Waals surface area contributed by atoms with E-state index in [9.17, 15) is 4.39 Å². The lowest BCUT2D eigenvalue weighted by Gasteiger charge is -2.48. The third-order valence-corrected chi connectivity index (χ3v) is 3.41. The molecule has 0 unspecified atom stereocenters. The SMILES string of the molecule is CC(C)CN1CC(F)(CN(C)C2COC2)C1. The van der Waals surface area contributed by atoms with Crippen LogP contribution in [0.2, 0.25) is 0 Å². The van der Waals surface area contributed by atoms with Crippen molar-refractivity contribution < 1.29 is 9.13 Å². The molecule has 0 spiro atoms. The van der Waals surface area contributed by atoms with Gasteiger partial charge in [-0.3, -0.25) is 9.80 Å². The van der Waals surface area contributed by atoms with Gasteiger partial charge in [-0.25, -0.2) is 4.39 Å². The molecule has 2 aliphatic heterocycles. The monoisotopic (exact) mass is 230 g/mol. The van der Waals surface area contributed by atoms with Gasteiger partial charge in [0.15, 0.2) is 0 Å². The summed E-state index contributed by atoms with van der Waals surface area (Å²) in [5.41, 5.74) is -0.987. The van der Waals surface area contributed by atoms with E-state index >= 15 is 0 Å². The zero-order chi connectivity index (χ0) is 11.8. The van der Waals surface area contributed by atoms with E-state index in [1.807, 2.05) is 7.05 Å². The molecule has 0 radical (unpaired) electrons. The summed E-state index contributed by atoms with van der Waals surface area (Å²) in [6.07, 6.45) is 0. The molecule has 0 amide bonds. The maximum Gasteiger partial charge on any atom is 0.148 e. The molecule has 0 aromatic carbocycles. The quantitative estimate of drug-likeness (QED) is 0.700. The molecular formula is C12H23FN2O. The van der Waals surface area contributed by atoms with Gasteiger partial charge in [-0.1, -0.05) is 13.8 Å². The largest absolute Gasteiger partial charge is 0.378 e. The summed E-state index contributed by atoms with van der Waals surface area (Å²) in [5.74, 6) is 0.627. The van der Waals surface area contributed by atoms with E-state index in [-0.39, 0.29) is 0 Å². The van der Waals surface area contributed by atoms with Crippen molar-refractivity contribution in [2.24, 2.45) is 5.92 Å². The van der Waals surface area contributed by atoms with Crippen molar-refractivity contribution in [1.29, 1.82) is 0 Å². The number of rotatable bonds is 5. The summed E-state index contributed by atoms with van der Waals surface area (Å²) in [6, 6.07) is 0.437. The molecule has 0 atom stereocenters. The first kappa shape index (κ1) is 12.3. The molecule has 2 fully saturated rings. The highest BCUT2D eigenvalue weighted by atomic mass is 19.1. The minimum absolute atomic E-state index is 0.437. The summed E-state index contributed by atoms with van der Waals surface area (Å²) in [7, 11) is 2.00. The van der Waals surface area contributed by atoms with E-state index in [1.165, 1.54) is 0 Å². The van der Waals surface area contributed by atoms with Crippen LogP contribution in [0.4, 0.5) is 4.39 Å². The Bertz CT molecular complexity index is 237. The number of halogens is 1. The van der Waals surface area contributed by atoms with Crippen molar-refractivity contribution in [2.45, 2.75) is 25.6 Å². The van der Waals surface area contributed by atoms with Crippen molar-refractivity contribution in [2.75, 3.05) is 46.4 Å². The molecule has 2 aliphatic rings. The second-order valence-corrected chi connectivity index (χ2v) is 5.82. The van der Waals surface area contributed by atoms with Crippen LogP contribution < -0.4 is 0 Å². The summed E-state index contributed by atoms with van der Waals surface area (Å²) >= 11 is 0. The van der Waals surface area contributed by atoms with E-state index in [1.54, 1.807) is 0 Å². The van der Waals surface area contributed by atoms with Crippen LogP contribution in [0.5, 0.6) is 0 Å². The van der Waals surface area contributed by atoms with Gasteiger partial charge in [0.2, 0.25) is 0 Å². The number of nitrogens with zero attached hydrogens (tertiary/aromatic N) is 2. The molecule has 4 heteroatoms. The third-order valence-electron chi connectivity index (χ3n) is 3.41. The van der Waals surface area contributed by atoms with Gasteiger partial charge >= 0.3 is 0 Å². The normalized spacial score (nSPS) is 25.9. The van der Waals surface area contributed by atoms with E-state index in [0.29, 0.717) is 31.6 Å². The van der Waals surface area contributed by atoms with Gasteiger partial charge in [0.25, 0.3) is 0 Å². The standard InChI is InChI=1S/C12H23FN2O/c1-10(2)4-15-8-12(13,9-15)7-14(3)11-5-16-6-11/h10-11H,4-9H2,1-3H3. The maximum absolute atomic E-state index is 14.3. The molecule has 2 rings (SSSR count). The highest BCUT2D eigenvalue weighted by molar-refractivity contribution is 4.99. The zero-order valence-corrected chi connectivity index (χ0v) is 10.6. The molecule has 0 saturated carbocycles. The molecule has 0 N–H and O–H groups in total. The topological polar surface area (TPSA) is 15.7 Å². The van der Waals surface area contributed by atoms with Crippen LogP contribution in [0, 0.1) is 5.92 Å². The summed E-state index contributed by atoms with van der Waals surface area (Å²) < 4.78 is 19.4. The summed E-state index contributed by atoms with van der Waals surface area (Å²) in [4.78, 5) is 4.31.